The molecular formula is C17H17N3O. The summed E-state index contributed by atoms with van der Waals surface area (Å²) in [7, 11) is 0. The number of rotatable bonds is 2. The SMILES string of the molecule is Cc1ccc(-c2ncccc2C#N)cc1N1CCOCC1. The summed E-state index contributed by atoms with van der Waals surface area (Å²) in [4.78, 5) is 6.70. The molecule has 0 bridgehead atoms. The van der Waals surface area contributed by atoms with Gasteiger partial charge in [0.1, 0.15) is 6.07 Å². The van der Waals surface area contributed by atoms with Gasteiger partial charge in [-0.25, -0.2) is 0 Å². The molecule has 0 N–H and O–H groups in total. The molecule has 106 valence electrons. The highest BCUT2D eigenvalue weighted by Crippen LogP contribution is 2.29. The number of pyridine rings is 1. The van der Waals surface area contributed by atoms with E-state index in [9.17, 15) is 5.26 Å². The summed E-state index contributed by atoms with van der Waals surface area (Å²) in [6, 6.07) is 12.1. The Hall–Kier alpha value is -2.38. The number of anilines is 1. The van der Waals surface area contributed by atoms with Crippen LogP contribution in [0.1, 0.15) is 11.1 Å². The van der Waals surface area contributed by atoms with Crippen molar-refractivity contribution in [2.24, 2.45) is 0 Å². The molecule has 0 spiro atoms. The first-order valence-electron chi connectivity index (χ1n) is 7.08. The van der Waals surface area contributed by atoms with Gasteiger partial charge in [0.15, 0.2) is 0 Å². The molecule has 1 aliphatic heterocycles. The van der Waals surface area contributed by atoms with E-state index in [0.717, 1.165) is 37.6 Å². The van der Waals surface area contributed by atoms with Crippen molar-refractivity contribution in [1.82, 2.24) is 4.98 Å². The Bertz CT molecular complexity index is 685. The number of benzene rings is 1. The number of nitriles is 1. The fourth-order valence-corrected chi connectivity index (χ4v) is 2.63. The van der Waals surface area contributed by atoms with Gasteiger partial charge in [0.25, 0.3) is 0 Å². The maximum atomic E-state index is 9.24. The molecule has 0 amide bonds. The largest absolute Gasteiger partial charge is 0.378 e. The summed E-state index contributed by atoms with van der Waals surface area (Å²) in [5, 5.41) is 9.24. The minimum Gasteiger partial charge on any atom is -0.378 e. The quantitative estimate of drug-likeness (QED) is 0.848. The highest BCUT2D eigenvalue weighted by molar-refractivity contribution is 5.72. The lowest BCUT2D eigenvalue weighted by atomic mass is 10.0. The molecule has 21 heavy (non-hydrogen) atoms. The Balaban J connectivity index is 2.03. The Morgan fingerprint density at radius 2 is 2.05 bits per heavy atom. The molecule has 0 atom stereocenters. The van der Waals surface area contributed by atoms with Crippen LogP contribution in [0.5, 0.6) is 0 Å². The van der Waals surface area contributed by atoms with E-state index >= 15 is 0 Å². The van der Waals surface area contributed by atoms with Crippen molar-refractivity contribution < 1.29 is 4.74 Å². The first kappa shape index (κ1) is 13.6. The highest BCUT2D eigenvalue weighted by Gasteiger charge is 2.15. The maximum absolute atomic E-state index is 9.24. The zero-order valence-electron chi connectivity index (χ0n) is 12.0. The van der Waals surface area contributed by atoms with Gasteiger partial charge in [-0.15, -0.1) is 0 Å². The van der Waals surface area contributed by atoms with Crippen molar-refractivity contribution >= 4 is 5.69 Å². The molecule has 1 saturated heterocycles. The number of aryl methyl sites for hydroxylation is 1. The summed E-state index contributed by atoms with van der Waals surface area (Å²) in [5.41, 5.74) is 4.77. The van der Waals surface area contributed by atoms with Crippen LogP contribution in [-0.2, 0) is 4.74 Å². The van der Waals surface area contributed by atoms with E-state index in [0.29, 0.717) is 5.56 Å². The van der Waals surface area contributed by atoms with Gasteiger partial charge >= 0.3 is 0 Å². The molecule has 2 heterocycles. The van der Waals surface area contributed by atoms with Gasteiger partial charge in [-0.2, -0.15) is 5.26 Å². The average molecular weight is 279 g/mol. The van der Waals surface area contributed by atoms with Crippen molar-refractivity contribution in [3.05, 3.63) is 47.7 Å². The van der Waals surface area contributed by atoms with Crippen LogP contribution in [0, 0.1) is 18.3 Å². The van der Waals surface area contributed by atoms with Crippen LogP contribution in [0.15, 0.2) is 36.5 Å². The third kappa shape index (κ3) is 2.74. The lowest BCUT2D eigenvalue weighted by molar-refractivity contribution is 0.122. The highest BCUT2D eigenvalue weighted by atomic mass is 16.5. The number of hydrogen-bond donors (Lipinski definition) is 0. The summed E-state index contributed by atoms with van der Waals surface area (Å²) < 4.78 is 5.42. The van der Waals surface area contributed by atoms with Crippen molar-refractivity contribution in [3.63, 3.8) is 0 Å². The van der Waals surface area contributed by atoms with Crippen molar-refractivity contribution in [3.8, 4) is 17.3 Å². The second-order valence-electron chi connectivity index (χ2n) is 5.11. The van der Waals surface area contributed by atoms with Crippen molar-refractivity contribution in [2.75, 3.05) is 31.2 Å². The second-order valence-corrected chi connectivity index (χ2v) is 5.11. The van der Waals surface area contributed by atoms with E-state index in [1.54, 1.807) is 18.3 Å². The summed E-state index contributed by atoms with van der Waals surface area (Å²) in [5.74, 6) is 0. The number of hydrogen-bond acceptors (Lipinski definition) is 4. The molecule has 4 nitrogen and oxygen atoms in total. The second kappa shape index (κ2) is 5.94. The van der Waals surface area contributed by atoms with Crippen LogP contribution in [-0.4, -0.2) is 31.3 Å². The molecule has 0 aliphatic carbocycles. The fourth-order valence-electron chi connectivity index (χ4n) is 2.63. The van der Waals surface area contributed by atoms with Gasteiger partial charge in [0, 0.05) is 30.5 Å². The monoisotopic (exact) mass is 279 g/mol. The number of ether oxygens (including phenoxy) is 1. The van der Waals surface area contributed by atoms with Crippen LogP contribution in [0.2, 0.25) is 0 Å². The summed E-state index contributed by atoms with van der Waals surface area (Å²) in [6.07, 6.45) is 1.73. The molecule has 0 unspecified atom stereocenters. The first-order chi connectivity index (χ1) is 10.3. The lowest BCUT2D eigenvalue weighted by Crippen LogP contribution is -2.36. The smallest absolute Gasteiger partial charge is 0.101 e. The van der Waals surface area contributed by atoms with Crippen molar-refractivity contribution in [1.29, 1.82) is 5.26 Å². The molecule has 1 fully saturated rings. The normalized spacial score (nSPS) is 14.8. The molecule has 1 aliphatic rings. The van der Waals surface area contributed by atoms with Crippen molar-refractivity contribution in [2.45, 2.75) is 6.92 Å². The van der Waals surface area contributed by atoms with E-state index in [1.807, 2.05) is 6.07 Å². The zero-order valence-corrected chi connectivity index (χ0v) is 12.0. The summed E-state index contributed by atoms with van der Waals surface area (Å²) >= 11 is 0. The van der Waals surface area contributed by atoms with E-state index in [4.69, 9.17) is 4.74 Å². The molecule has 1 aromatic heterocycles. The third-order valence-corrected chi connectivity index (χ3v) is 3.76. The van der Waals surface area contributed by atoms with Gasteiger partial charge in [-0.05, 0) is 30.7 Å². The van der Waals surface area contributed by atoms with Crippen LogP contribution in [0.3, 0.4) is 0 Å². The number of morpholine rings is 1. The maximum Gasteiger partial charge on any atom is 0.101 e. The van der Waals surface area contributed by atoms with E-state index in [2.05, 4.69) is 35.0 Å². The minimum absolute atomic E-state index is 0.606. The Labute approximate surface area is 124 Å². The molecule has 2 aromatic rings. The van der Waals surface area contributed by atoms with Crippen LogP contribution >= 0.6 is 0 Å². The number of aromatic nitrogens is 1. The molecule has 1 aromatic carbocycles. The predicted molar refractivity (Wildman–Crippen MR) is 82.2 cm³/mol. The van der Waals surface area contributed by atoms with Gasteiger partial charge < -0.3 is 9.64 Å². The van der Waals surface area contributed by atoms with Gasteiger partial charge in [0.05, 0.1) is 24.5 Å². The first-order valence-corrected chi connectivity index (χ1v) is 7.08. The standard InChI is InChI=1S/C17H17N3O/c1-13-4-5-14(17-15(12-18)3-2-6-19-17)11-16(13)20-7-9-21-10-8-20/h2-6,11H,7-10H2,1H3. The molecule has 0 radical (unpaired) electrons. The molecule has 0 saturated carbocycles. The predicted octanol–water partition coefficient (Wildman–Crippen LogP) is 2.77. The topological polar surface area (TPSA) is 49.2 Å². The Morgan fingerprint density at radius 3 is 2.81 bits per heavy atom. The van der Waals surface area contributed by atoms with Crippen LogP contribution < -0.4 is 4.90 Å². The van der Waals surface area contributed by atoms with E-state index in [1.165, 1.54) is 11.3 Å². The Kier molecular flexibility index (Phi) is 3.85. The van der Waals surface area contributed by atoms with E-state index < -0.39 is 0 Å². The molecule has 4 heteroatoms. The van der Waals surface area contributed by atoms with E-state index in [-0.39, 0.29) is 0 Å². The number of nitrogens with zero attached hydrogens (tertiary/aromatic N) is 3. The zero-order chi connectivity index (χ0) is 14.7. The average Bonchev–Trinajstić information content (AvgIpc) is 2.56. The molecular weight excluding hydrogens is 262 g/mol. The van der Waals surface area contributed by atoms with Gasteiger partial charge in [0.2, 0.25) is 0 Å². The fraction of sp³-hybridized carbons (Fsp3) is 0.294. The van der Waals surface area contributed by atoms with Crippen LogP contribution in [0.25, 0.3) is 11.3 Å². The Morgan fingerprint density at radius 1 is 1.24 bits per heavy atom. The van der Waals surface area contributed by atoms with Gasteiger partial charge in [-0.1, -0.05) is 12.1 Å². The van der Waals surface area contributed by atoms with Crippen LogP contribution in [0.4, 0.5) is 5.69 Å². The summed E-state index contributed by atoms with van der Waals surface area (Å²) in [6.45, 7) is 5.43. The van der Waals surface area contributed by atoms with Gasteiger partial charge in [-0.3, -0.25) is 4.98 Å². The lowest BCUT2D eigenvalue weighted by Gasteiger charge is -2.30. The third-order valence-electron chi connectivity index (χ3n) is 3.76. The molecule has 3 rings (SSSR count). The minimum atomic E-state index is 0.606.